The van der Waals surface area contributed by atoms with Crippen LogP contribution in [-0.2, 0) is 38.0 Å². The first-order chi connectivity index (χ1) is 20.4. The van der Waals surface area contributed by atoms with Gasteiger partial charge in [0.05, 0.1) is 19.3 Å². The Morgan fingerprint density at radius 3 is 2.65 bits per heavy atom. The molecule has 4 unspecified atom stereocenters. The lowest BCUT2D eigenvalue weighted by atomic mass is 9.49. The van der Waals surface area contributed by atoms with Crippen molar-refractivity contribution in [2.75, 3.05) is 19.8 Å². The van der Waals surface area contributed by atoms with Gasteiger partial charge in [0.25, 0.3) is 0 Å². The zero-order valence-electron chi connectivity index (χ0n) is 24.4. The van der Waals surface area contributed by atoms with Gasteiger partial charge in [-0.2, -0.15) is 0 Å². The number of esters is 2. The molecule has 6 N–H and O–H groups in total. The molecule has 13 atom stereocenters. The highest BCUT2D eigenvalue weighted by atomic mass is 16.7. The van der Waals surface area contributed by atoms with E-state index in [4.69, 9.17) is 28.4 Å². The minimum absolute atomic E-state index is 0.0370. The van der Waals surface area contributed by atoms with E-state index in [0.717, 1.165) is 5.57 Å². The summed E-state index contributed by atoms with van der Waals surface area (Å²) in [6.07, 6.45) is -7.19. The van der Waals surface area contributed by atoms with Crippen molar-refractivity contribution in [3.63, 3.8) is 0 Å². The van der Waals surface area contributed by atoms with Crippen LogP contribution < -0.4 is 5.32 Å². The number of ether oxygens (including phenoxy) is 6. The number of carbonyl (C=O) groups is 2. The smallest absolute Gasteiger partial charge is 0.334 e. The van der Waals surface area contributed by atoms with Gasteiger partial charge < -0.3 is 54.0 Å². The zero-order chi connectivity index (χ0) is 30.7. The maximum Gasteiger partial charge on any atom is 0.334 e. The monoisotopic (exact) mass is 611 g/mol. The fourth-order valence-corrected chi connectivity index (χ4v) is 8.67. The van der Waals surface area contributed by atoms with Crippen molar-refractivity contribution >= 4 is 11.9 Å². The Hall–Kier alpha value is -1.72. The molecule has 240 valence electrons. The summed E-state index contributed by atoms with van der Waals surface area (Å²) in [5, 5.41) is 55.4. The number of piperidine rings is 1. The van der Waals surface area contributed by atoms with E-state index in [1.54, 1.807) is 0 Å². The van der Waals surface area contributed by atoms with Crippen LogP contribution >= 0.6 is 0 Å². The number of aliphatic hydroxyl groups excluding tert-OH is 4. The van der Waals surface area contributed by atoms with Gasteiger partial charge in [0.2, 0.25) is 0 Å². The molecule has 0 aromatic carbocycles. The molecule has 7 rings (SSSR count). The Morgan fingerprint density at radius 1 is 1.16 bits per heavy atom. The maximum absolute atomic E-state index is 13.3. The number of rotatable bonds is 8. The molecule has 4 saturated heterocycles. The molecule has 0 bridgehead atoms. The summed E-state index contributed by atoms with van der Waals surface area (Å²) in [5.41, 5.74) is -2.86. The molecule has 5 heterocycles. The fraction of sp³-hybridized carbons (Fsp3) is 0.862. The highest BCUT2D eigenvalue weighted by molar-refractivity contribution is 5.92. The predicted octanol–water partition coefficient (Wildman–Crippen LogP) is -1.65. The SMILES string of the molecule is CC(C)[C@]12O[C@H]1N[C@@]1(O)C3(C)CCC4=C(COC4=O)[C@@H]3C[C@@H]3O[C@@]31[C@@H]2OC(=O)CCCO[C@@H]1OC(CO)[C@@H](O)C(O)C1O. The van der Waals surface area contributed by atoms with Crippen LogP contribution in [0.5, 0.6) is 0 Å². The molecule has 0 radical (unpaired) electrons. The van der Waals surface area contributed by atoms with Gasteiger partial charge in [-0.3, -0.25) is 10.1 Å². The van der Waals surface area contributed by atoms with Crippen LogP contribution in [-0.4, -0.2) is 123 Å². The first-order valence-corrected chi connectivity index (χ1v) is 15.2. The number of fused-ring (bicyclic) bond motifs is 4. The van der Waals surface area contributed by atoms with Gasteiger partial charge in [0, 0.05) is 17.4 Å². The largest absolute Gasteiger partial charge is 0.458 e. The maximum atomic E-state index is 13.3. The Balaban J connectivity index is 1.06. The molecule has 14 nitrogen and oxygen atoms in total. The minimum Gasteiger partial charge on any atom is -0.458 e. The Labute approximate surface area is 248 Å². The Bertz CT molecular complexity index is 1220. The van der Waals surface area contributed by atoms with Crippen LogP contribution in [0.2, 0.25) is 0 Å². The van der Waals surface area contributed by atoms with Crippen molar-refractivity contribution in [1.82, 2.24) is 5.32 Å². The zero-order valence-corrected chi connectivity index (χ0v) is 24.4. The molecule has 1 spiro atoms. The molecular formula is C29H41NO13. The van der Waals surface area contributed by atoms with Gasteiger partial charge in [0.15, 0.2) is 29.3 Å². The number of hydrogen-bond acceptors (Lipinski definition) is 14. The molecule has 0 aromatic heterocycles. The van der Waals surface area contributed by atoms with Crippen LogP contribution in [0.1, 0.15) is 52.9 Å². The van der Waals surface area contributed by atoms with E-state index < -0.39 is 84.1 Å². The van der Waals surface area contributed by atoms with E-state index in [1.165, 1.54) is 0 Å². The Kier molecular flexibility index (Phi) is 6.89. The van der Waals surface area contributed by atoms with Crippen LogP contribution in [0.15, 0.2) is 11.1 Å². The average molecular weight is 612 g/mol. The summed E-state index contributed by atoms with van der Waals surface area (Å²) in [6, 6.07) is 0. The first kappa shape index (κ1) is 30.0. The fourth-order valence-electron chi connectivity index (χ4n) is 8.67. The standard InChI is InChI=1S/C29H41NO13/c1-12(2)27-24(41-18(32)5-4-8-38-23-21(35)20(34)19(33)16(10-31)40-23)28-17(42-28)9-15-14-11-39-22(36)13(14)6-7-26(15,3)29(28,37)30-25(27)43-27/h12,15-17,19-21,23-25,30-31,33-35,37H,4-11H2,1-3H3/t15-,16?,17-,19+,20?,21?,23+,24+,25+,26?,27+,28+,29+/m0/s1. The third-order valence-corrected chi connectivity index (χ3v) is 11.3. The van der Waals surface area contributed by atoms with E-state index in [-0.39, 0.29) is 43.9 Å². The summed E-state index contributed by atoms with van der Waals surface area (Å²) >= 11 is 0. The lowest BCUT2D eigenvalue weighted by molar-refractivity contribution is -0.301. The molecule has 1 saturated carbocycles. The van der Waals surface area contributed by atoms with Crippen LogP contribution in [0.3, 0.4) is 0 Å². The topological polar surface area (TPSA) is 209 Å². The van der Waals surface area contributed by atoms with Crippen LogP contribution in [0.4, 0.5) is 0 Å². The molecule has 43 heavy (non-hydrogen) atoms. The van der Waals surface area contributed by atoms with Crippen molar-refractivity contribution < 1.29 is 63.5 Å². The van der Waals surface area contributed by atoms with E-state index in [0.29, 0.717) is 24.8 Å². The van der Waals surface area contributed by atoms with Gasteiger partial charge in [0.1, 0.15) is 37.3 Å². The third kappa shape index (κ3) is 3.88. The summed E-state index contributed by atoms with van der Waals surface area (Å²) in [7, 11) is 0. The molecule has 14 heteroatoms. The van der Waals surface area contributed by atoms with Gasteiger partial charge in [-0.05, 0) is 43.1 Å². The molecule has 0 aromatic rings. The highest BCUT2D eigenvalue weighted by Gasteiger charge is 2.92. The molecule has 0 amide bonds. The summed E-state index contributed by atoms with van der Waals surface area (Å²) in [6.45, 7) is 5.55. The van der Waals surface area contributed by atoms with Gasteiger partial charge in [-0.25, -0.2) is 4.79 Å². The van der Waals surface area contributed by atoms with Crippen molar-refractivity contribution in [2.45, 2.75) is 119 Å². The van der Waals surface area contributed by atoms with Gasteiger partial charge in [-0.15, -0.1) is 0 Å². The number of epoxide rings is 2. The molecule has 5 fully saturated rings. The predicted molar refractivity (Wildman–Crippen MR) is 140 cm³/mol. The molecule has 2 aliphatic carbocycles. The number of cyclic esters (lactones) is 1. The summed E-state index contributed by atoms with van der Waals surface area (Å²) in [4.78, 5) is 25.6. The normalized spacial score (nSPS) is 51.1. The quantitative estimate of drug-likeness (QED) is 0.103. The lowest BCUT2D eigenvalue weighted by Gasteiger charge is -2.60. The minimum atomic E-state index is -1.60. The van der Waals surface area contributed by atoms with Crippen LogP contribution in [0.25, 0.3) is 0 Å². The summed E-state index contributed by atoms with van der Waals surface area (Å²) in [5.74, 6) is -1.06. The number of hydrogen-bond donors (Lipinski definition) is 6. The molecular weight excluding hydrogens is 570 g/mol. The second-order valence-corrected chi connectivity index (χ2v) is 13.6. The van der Waals surface area contributed by atoms with Gasteiger partial charge in [-0.1, -0.05) is 20.8 Å². The first-order valence-electron chi connectivity index (χ1n) is 15.2. The Morgan fingerprint density at radius 2 is 1.93 bits per heavy atom. The van der Waals surface area contributed by atoms with E-state index in [9.17, 15) is 35.1 Å². The second kappa shape index (κ2) is 9.89. The van der Waals surface area contributed by atoms with E-state index in [2.05, 4.69) is 5.32 Å². The van der Waals surface area contributed by atoms with Gasteiger partial charge >= 0.3 is 11.9 Å². The van der Waals surface area contributed by atoms with Crippen molar-refractivity contribution in [3.8, 4) is 0 Å². The lowest BCUT2D eigenvalue weighted by Crippen LogP contribution is -2.80. The summed E-state index contributed by atoms with van der Waals surface area (Å²) < 4.78 is 35.0. The van der Waals surface area contributed by atoms with Crippen molar-refractivity contribution in [3.05, 3.63) is 11.1 Å². The third-order valence-electron chi connectivity index (χ3n) is 11.3. The number of nitrogens with one attached hydrogen (secondary N) is 1. The second-order valence-electron chi connectivity index (χ2n) is 13.6. The van der Waals surface area contributed by atoms with Crippen molar-refractivity contribution in [1.29, 1.82) is 0 Å². The number of carbonyl (C=O) groups excluding carboxylic acids is 2. The van der Waals surface area contributed by atoms with Crippen LogP contribution in [0, 0.1) is 17.3 Å². The molecule has 5 aliphatic heterocycles. The average Bonchev–Trinajstić information content (AvgIpc) is 3.85. The number of aliphatic hydroxyl groups is 5. The van der Waals surface area contributed by atoms with Crippen molar-refractivity contribution in [2.24, 2.45) is 17.3 Å². The van der Waals surface area contributed by atoms with E-state index >= 15 is 0 Å². The van der Waals surface area contributed by atoms with E-state index in [1.807, 2.05) is 20.8 Å². The highest BCUT2D eigenvalue weighted by Crippen LogP contribution is 2.73. The molecule has 7 aliphatic rings.